The second-order valence-electron chi connectivity index (χ2n) is 10.1. The molecule has 0 radical (unpaired) electrons. The Morgan fingerprint density at radius 2 is 1.64 bits per heavy atom. The number of pyridine rings is 1. The van der Waals surface area contributed by atoms with E-state index in [2.05, 4.69) is 72.9 Å². The standard InChI is InChI=1S/C32H34N6O/c1-2-6-24(7-3-1)21-35-32-28-11-10-26(20-31(28)36-23-37-32)39-22-25-13-17-38(18-14-25)19-16-34-30-12-15-33-29-9-5-4-8-27(29)30/h1-12,15,20,23,25H,13-14,16-19,21-22H2,(H,33,34)(H,35,36,37). The highest BCUT2D eigenvalue weighted by atomic mass is 16.5. The molecule has 6 rings (SSSR count). The number of nitrogens with one attached hydrogen (secondary N) is 2. The molecule has 2 N–H and O–H groups in total. The Morgan fingerprint density at radius 3 is 2.54 bits per heavy atom. The minimum atomic E-state index is 0.572. The molecule has 2 aromatic heterocycles. The van der Waals surface area contributed by atoms with Crippen LogP contribution in [0.5, 0.6) is 5.75 Å². The fraction of sp³-hybridized carbons (Fsp3) is 0.281. The normalized spacial score (nSPS) is 14.5. The molecule has 0 atom stereocenters. The number of benzene rings is 3. The van der Waals surface area contributed by atoms with Crippen molar-refractivity contribution in [1.29, 1.82) is 0 Å². The van der Waals surface area contributed by atoms with Gasteiger partial charge in [0.25, 0.3) is 0 Å². The van der Waals surface area contributed by atoms with Gasteiger partial charge in [-0.1, -0.05) is 48.5 Å². The largest absolute Gasteiger partial charge is 0.493 e. The van der Waals surface area contributed by atoms with Gasteiger partial charge < -0.3 is 20.3 Å². The van der Waals surface area contributed by atoms with Crippen LogP contribution >= 0.6 is 0 Å². The van der Waals surface area contributed by atoms with E-state index in [4.69, 9.17) is 4.74 Å². The molecule has 0 aliphatic carbocycles. The molecule has 0 saturated carbocycles. The molecule has 198 valence electrons. The SMILES string of the molecule is c1ccc(CNc2ncnc3cc(OCC4CCN(CCNc5ccnc6ccccc56)CC4)ccc23)cc1. The maximum atomic E-state index is 6.22. The summed E-state index contributed by atoms with van der Waals surface area (Å²) < 4.78 is 6.22. The van der Waals surface area contributed by atoms with Crippen LogP contribution in [0.4, 0.5) is 11.5 Å². The van der Waals surface area contributed by atoms with Crippen LogP contribution in [0, 0.1) is 5.92 Å². The summed E-state index contributed by atoms with van der Waals surface area (Å²) in [4.78, 5) is 15.9. The lowest BCUT2D eigenvalue weighted by Crippen LogP contribution is -2.38. The third kappa shape index (κ3) is 6.26. The van der Waals surface area contributed by atoms with Crippen molar-refractivity contribution in [3.8, 4) is 5.75 Å². The van der Waals surface area contributed by atoms with Crippen molar-refractivity contribution in [3.63, 3.8) is 0 Å². The first-order valence-electron chi connectivity index (χ1n) is 13.8. The smallest absolute Gasteiger partial charge is 0.137 e. The van der Waals surface area contributed by atoms with E-state index < -0.39 is 0 Å². The minimum Gasteiger partial charge on any atom is -0.493 e. The van der Waals surface area contributed by atoms with Crippen molar-refractivity contribution >= 4 is 33.3 Å². The van der Waals surface area contributed by atoms with Gasteiger partial charge >= 0.3 is 0 Å². The first kappa shape index (κ1) is 25.1. The highest BCUT2D eigenvalue weighted by Gasteiger charge is 2.19. The Balaban J connectivity index is 0.961. The number of hydrogen-bond acceptors (Lipinski definition) is 7. The summed E-state index contributed by atoms with van der Waals surface area (Å²) in [7, 11) is 0. The van der Waals surface area contributed by atoms with Gasteiger partial charge in [-0.3, -0.25) is 4.98 Å². The van der Waals surface area contributed by atoms with Crippen molar-refractivity contribution in [3.05, 3.63) is 97.0 Å². The Morgan fingerprint density at radius 1 is 0.795 bits per heavy atom. The van der Waals surface area contributed by atoms with Gasteiger partial charge in [-0.15, -0.1) is 0 Å². The highest BCUT2D eigenvalue weighted by molar-refractivity contribution is 5.91. The van der Waals surface area contributed by atoms with E-state index >= 15 is 0 Å². The first-order valence-corrected chi connectivity index (χ1v) is 13.8. The van der Waals surface area contributed by atoms with Gasteiger partial charge in [-0.25, -0.2) is 9.97 Å². The maximum absolute atomic E-state index is 6.22. The number of aromatic nitrogens is 3. The predicted molar refractivity (Wildman–Crippen MR) is 158 cm³/mol. The lowest BCUT2D eigenvalue weighted by molar-refractivity contribution is 0.145. The maximum Gasteiger partial charge on any atom is 0.137 e. The molecule has 1 fully saturated rings. The van der Waals surface area contributed by atoms with E-state index in [-0.39, 0.29) is 0 Å². The molecule has 7 heteroatoms. The molecule has 5 aromatic rings. The van der Waals surface area contributed by atoms with E-state index in [9.17, 15) is 0 Å². The number of likely N-dealkylation sites (tertiary alicyclic amines) is 1. The summed E-state index contributed by atoms with van der Waals surface area (Å²) in [6, 6.07) is 26.8. The molecule has 3 aromatic carbocycles. The van der Waals surface area contributed by atoms with Gasteiger partial charge in [0.05, 0.1) is 17.6 Å². The van der Waals surface area contributed by atoms with E-state index in [0.717, 1.165) is 85.8 Å². The summed E-state index contributed by atoms with van der Waals surface area (Å²) >= 11 is 0. The van der Waals surface area contributed by atoms with Crippen molar-refractivity contribution in [2.75, 3.05) is 43.4 Å². The average Bonchev–Trinajstić information content (AvgIpc) is 3.00. The number of rotatable bonds is 10. The van der Waals surface area contributed by atoms with Gasteiger partial charge in [0.15, 0.2) is 0 Å². The van der Waals surface area contributed by atoms with E-state index in [1.54, 1.807) is 6.33 Å². The van der Waals surface area contributed by atoms with Crippen molar-refractivity contribution < 1.29 is 4.74 Å². The summed E-state index contributed by atoms with van der Waals surface area (Å²) in [6.07, 6.45) is 5.80. The number of ether oxygens (including phenoxy) is 1. The Hall–Kier alpha value is -4.23. The minimum absolute atomic E-state index is 0.572. The van der Waals surface area contributed by atoms with Crippen LogP contribution in [-0.2, 0) is 6.54 Å². The highest BCUT2D eigenvalue weighted by Crippen LogP contribution is 2.26. The summed E-state index contributed by atoms with van der Waals surface area (Å²) in [5.74, 6) is 2.28. The lowest BCUT2D eigenvalue weighted by atomic mass is 9.98. The molecular formula is C32H34N6O. The predicted octanol–water partition coefficient (Wildman–Crippen LogP) is 5.99. The van der Waals surface area contributed by atoms with Crippen LogP contribution < -0.4 is 15.4 Å². The number of piperidine rings is 1. The van der Waals surface area contributed by atoms with Gasteiger partial charge in [0.1, 0.15) is 17.9 Å². The fourth-order valence-corrected chi connectivity index (χ4v) is 5.24. The number of hydrogen-bond donors (Lipinski definition) is 2. The molecule has 0 amide bonds. The Labute approximate surface area is 229 Å². The van der Waals surface area contributed by atoms with Crippen LogP contribution in [0.1, 0.15) is 18.4 Å². The van der Waals surface area contributed by atoms with E-state index in [1.165, 1.54) is 10.9 Å². The van der Waals surface area contributed by atoms with Crippen molar-refractivity contribution in [2.24, 2.45) is 5.92 Å². The number of nitrogens with zero attached hydrogens (tertiary/aromatic N) is 4. The third-order valence-electron chi connectivity index (χ3n) is 7.50. The monoisotopic (exact) mass is 518 g/mol. The summed E-state index contributed by atoms with van der Waals surface area (Å²) in [5, 5.41) is 9.22. The zero-order valence-corrected chi connectivity index (χ0v) is 22.1. The van der Waals surface area contributed by atoms with Gasteiger partial charge in [0, 0.05) is 48.4 Å². The lowest BCUT2D eigenvalue weighted by Gasteiger charge is -2.32. The molecule has 0 unspecified atom stereocenters. The number of para-hydroxylation sites is 1. The molecule has 1 aliphatic rings. The zero-order valence-electron chi connectivity index (χ0n) is 22.1. The second kappa shape index (κ2) is 12.1. The topological polar surface area (TPSA) is 75.2 Å². The van der Waals surface area contributed by atoms with Crippen LogP contribution in [0.2, 0.25) is 0 Å². The van der Waals surface area contributed by atoms with Crippen LogP contribution in [0.3, 0.4) is 0 Å². The van der Waals surface area contributed by atoms with Crippen LogP contribution in [0.15, 0.2) is 91.4 Å². The summed E-state index contributed by atoms with van der Waals surface area (Å²) in [5.41, 5.74) is 4.29. The molecule has 1 aliphatic heterocycles. The average molecular weight is 519 g/mol. The number of fused-ring (bicyclic) bond motifs is 2. The van der Waals surface area contributed by atoms with Crippen LogP contribution in [0.25, 0.3) is 21.8 Å². The summed E-state index contributed by atoms with van der Waals surface area (Å²) in [6.45, 7) is 5.64. The Kier molecular flexibility index (Phi) is 7.77. The van der Waals surface area contributed by atoms with Crippen molar-refractivity contribution in [2.45, 2.75) is 19.4 Å². The third-order valence-corrected chi connectivity index (χ3v) is 7.50. The molecule has 0 bridgehead atoms. The second-order valence-corrected chi connectivity index (χ2v) is 10.1. The molecule has 1 saturated heterocycles. The molecular weight excluding hydrogens is 484 g/mol. The van der Waals surface area contributed by atoms with Crippen molar-refractivity contribution in [1.82, 2.24) is 19.9 Å². The molecule has 0 spiro atoms. The fourth-order valence-electron chi connectivity index (χ4n) is 5.24. The van der Waals surface area contributed by atoms with Crippen LogP contribution in [-0.4, -0.2) is 52.6 Å². The quantitative estimate of drug-likeness (QED) is 0.235. The molecule has 3 heterocycles. The van der Waals surface area contributed by atoms with Gasteiger partial charge in [-0.2, -0.15) is 0 Å². The van der Waals surface area contributed by atoms with Gasteiger partial charge in [-0.05, 0) is 61.7 Å². The Bertz CT molecular complexity index is 1510. The first-order chi connectivity index (χ1) is 19.3. The molecule has 39 heavy (non-hydrogen) atoms. The molecule has 7 nitrogen and oxygen atoms in total. The zero-order chi connectivity index (χ0) is 26.3. The van der Waals surface area contributed by atoms with Gasteiger partial charge in [0.2, 0.25) is 0 Å². The van der Waals surface area contributed by atoms with E-state index in [1.807, 2.05) is 42.6 Å². The van der Waals surface area contributed by atoms with E-state index in [0.29, 0.717) is 5.92 Å². The number of anilines is 2.